The fourth-order valence-electron chi connectivity index (χ4n) is 2.38. The van der Waals surface area contributed by atoms with Crippen LogP contribution in [0.5, 0.6) is 0 Å². The van der Waals surface area contributed by atoms with Gasteiger partial charge in [-0.25, -0.2) is 0 Å². The number of anilines is 2. The minimum atomic E-state index is -0.0654. The van der Waals surface area contributed by atoms with E-state index in [0.29, 0.717) is 6.61 Å². The van der Waals surface area contributed by atoms with Gasteiger partial charge in [0.05, 0.1) is 23.9 Å². The van der Waals surface area contributed by atoms with Gasteiger partial charge in [-0.2, -0.15) is 0 Å². The highest BCUT2D eigenvalue weighted by molar-refractivity contribution is 5.93. The van der Waals surface area contributed by atoms with Crippen molar-refractivity contribution < 1.29 is 9.53 Å². The maximum atomic E-state index is 10.9. The largest absolute Gasteiger partial charge is 0.466 e. The number of hydrogen-bond acceptors (Lipinski definition) is 3. The van der Waals surface area contributed by atoms with Gasteiger partial charge in [-0.05, 0) is 36.6 Å². The Hall–Kier alpha value is -2.29. The SMILES string of the molecule is CCC[C@@H](C)C(=O)OCC.c1ccc(-c2ccc3c(c2)N3)cc1. The zero-order valence-electron chi connectivity index (χ0n) is 14.1. The van der Waals surface area contributed by atoms with Crippen molar-refractivity contribution in [2.24, 2.45) is 5.92 Å². The molecule has 1 N–H and O–H groups in total. The van der Waals surface area contributed by atoms with E-state index < -0.39 is 0 Å². The van der Waals surface area contributed by atoms with Crippen LogP contribution in [0.25, 0.3) is 11.1 Å². The number of ether oxygens (including phenoxy) is 1. The third-order valence-corrected chi connectivity index (χ3v) is 3.74. The summed E-state index contributed by atoms with van der Waals surface area (Å²) in [7, 11) is 0. The van der Waals surface area contributed by atoms with Gasteiger partial charge in [-0.1, -0.05) is 56.7 Å². The molecule has 23 heavy (non-hydrogen) atoms. The van der Waals surface area contributed by atoms with Crippen LogP contribution in [-0.4, -0.2) is 12.6 Å². The topological polar surface area (TPSA) is 48.2 Å². The molecule has 0 radical (unpaired) electrons. The number of carbonyl (C=O) groups is 1. The van der Waals surface area contributed by atoms with Crippen molar-refractivity contribution in [1.82, 2.24) is 0 Å². The zero-order chi connectivity index (χ0) is 16.7. The molecule has 0 bridgehead atoms. The Morgan fingerprint density at radius 1 is 1.04 bits per heavy atom. The Morgan fingerprint density at radius 3 is 2.39 bits per heavy atom. The molecule has 122 valence electrons. The molecule has 1 aliphatic heterocycles. The lowest BCUT2D eigenvalue weighted by atomic mass is 10.1. The van der Waals surface area contributed by atoms with Crippen LogP contribution in [0.1, 0.15) is 33.6 Å². The van der Waals surface area contributed by atoms with Gasteiger partial charge >= 0.3 is 5.97 Å². The Morgan fingerprint density at radius 2 is 1.78 bits per heavy atom. The third kappa shape index (κ3) is 5.13. The van der Waals surface area contributed by atoms with Crippen molar-refractivity contribution in [3.63, 3.8) is 0 Å². The van der Waals surface area contributed by atoms with E-state index in [1.54, 1.807) is 0 Å². The molecule has 0 fully saturated rings. The van der Waals surface area contributed by atoms with Gasteiger partial charge in [-0.15, -0.1) is 0 Å². The van der Waals surface area contributed by atoms with Crippen LogP contribution >= 0.6 is 0 Å². The fraction of sp³-hybridized carbons (Fsp3) is 0.350. The molecule has 3 rings (SSSR count). The molecular formula is C20H25NO2. The first-order valence-corrected chi connectivity index (χ1v) is 8.28. The minimum absolute atomic E-state index is 0.0654. The minimum Gasteiger partial charge on any atom is -0.466 e. The summed E-state index contributed by atoms with van der Waals surface area (Å²) in [6.07, 6.45) is 1.97. The van der Waals surface area contributed by atoms with Gasteiger partial charge in [0.1, 0.15) is 0 Å². The lowest BCUT2D eigenvalue weighted by Crippen LogP contribution is -2.14. The van der Waals surface area contributed by atoms with Crippen LogP contribution in [0.2, 0.25) is 0 Å². The van der Waals surface area contributed by atoms with E-state index in [4.69, 9.17) is 4.74 Å². The van der Waals surface area contributed by atoms with Crippen molar-refractivity contribution in [1.29, 1.82) is 0 Å². The Balaban J connectivity index is 0.000000175. The molecule has 0 spiro atoms. The van der Waals surface area contributed by atoms with E-state index in [9.17, 15) is 4.79 Å². The van der Waals surface area contributed by atoms with Gasteiger partial charge in [0.2, 0.25) is 0 Å². The monoisotopic (exact) mass is 311 g/mol. The number of fused-ring (bicyclic) bond motifs is 1. The van der Waals surface area contributed by atoms with Crippen LogP contribution in [0, 0.1) is 5.92 Å². The summed E-state index contributed by atoms with van der Waals surface area (Å²) in [4.78, 5) is 10.9. The van der Waals surface area contributed by atoms with E-state index >= 15 is 0 Å². The molecule has 0 aromatic heterocycles. The van der Waals surface area contributed by atoms with Crippen LogP contribution in [0.15, 0.2) is 48.5 Å². The first-order valence-electron chi connectivity index (χ1n) is 8.28. The molecule has 0 amide bonds. The lowest BCUT2D eigenvalue weighted by molar-refractivity contribution is -0.147. The first-order chi connectivity index (χ1) is 11.2. The Kier molecular flexibility index (Phi) is 6.21. The maximum Gasteiger partial charge on any atom is 0.308 e. The summed E-state index contributed by atoms with van der Waals surface area (Å²) in [5.74, 6) is 0.00861. The predicted molar refractivity (Wildman–Crippen MR) is 95.9 cm³/mol. The first kappa shape index (κ1) is 17.1. The molecule has 1 aliphatic rings. The summed E-state index contributed by atoms with van der Waals surface area (Å²) >= 11 is 0. The number of carbonyl (C=O) groups excluding carboxylic acids is 1. The average molecular weight is 311 g/mol. The van der Waals surface area contributed by atoms with Crippen molar-refractivity contribution in [3.05, 3.63) is 48.5 Å². The molecule has 1 atom stereocenters. The number of hydrogen-bond donors (Lipinski definition) is 1. The fourth-order valence-corrected chi connectivity index (χ4v) is 2.38. The van der Waals surface area contributed by atoms with E-state index in [1.807, 2.05) is 19.9 Å². The predicted octanol–water partition coefficient (Wildman–Crippen LogP) is 5.40. The van der Waals surface area contributed by atoms with Gasteiger partial charge < -0.3 is 10.1 Å². The molecule has 2 aromatic rings. The van der Waals surface area contributed by atoms with Crippen molar-refractivity contribution in [2.75, 3.05) is 11.9 Å². The Labute approximate surface area is 138 Å². The number of nitrogens with one attached hydrogen (secondary N) is 1. The van der Waals surface area contributed by atoms with Gasteiger partial charge in [0, 0.05) is 0 Å². The van der Waals surface area contributed by atoms with E-state index in [0.717, 1.165) is 12.8 Å². The maximum absolute atomic E-state index is 10.9. The second-order valence-corrected chi connectivity index (χ2v) is 5.69. The summed E-state index contributed by atoms with van der Waals surface area (Å²) in [5, 5.41) is 3.20. The molecule has 0 saturated carbocycles. The smallest absolute Gasteiger partial charge is 0.308 e. The van der Waals surface area contributed by atoms with E-state index in [2.05, 4.69) is 54.7 Å². The van der Waals surface area contributed by atoms with Gasteiger partial charge in [0.15, 0.2) is 0 Å². The summed E-state index contributed by atoms with van der Waals surface area (Å²) in [6.45, 7) is 6.29. The van der Waals surface area contributed by atoms with Crippen molar-refractivity contribution in [2.45, 2.75) is 33.6 Å². The van der Waals surface area contributed by atoms with Crippen molar-refractivity contribution >= 4 is 17.3 Å². The molecular weight excluding hydrogens is 286 g/mol. The normalized spacial score (nSPS) is 12.1. The summed E-state index contributed by atoms with van der Waals surface area (Å²) in [6, 6.07) is 16.9. The standard InChI is InChI=1S/C12H9N.C8H16O2/c1-2-4-9(5-3-1)10-6-7-11-12(8-10)13-11;1-4-6-7(3)8(9)10-5-2/h1-8,13H;7H,4-6H2,1-3H3/t;7-/m.1/s1. The highest BCUT2D eigenvalue weighted by atomic mass is 16.5. The third-order valence-electron chi connectivity index (χ3n) is 3.74. The summed E-state index contributed by atoms with van der Waals surface area (Å²) < 4.78 is 4.82. The molecule has 0 aliphatic carbocycles. The van der Waals surface area contributed by atoms with Crippen molar-refractivity contribution in [3.8, 4) is 11.1 Å². The Bertz CT molecular complexity index is 637. The second-order valence-electron chi connectivity index (χ2n) is 5.69. The van der Waals surface area contributed by atoms with Crippen LogP contribution < -0.4 is 5.32 Å². The van der Waals surface area contributed by atoms with E-state index in [-0.39, 0.29) is 11.9 Å². The second kappa shape index (κ2) is 8.37. The van der Waals surface area contributed by atoms with Gasteiger partial charge in [0.25, 0.3) is 0 Å². The van der Waals surface area contributed by atoms with Gasteiger partial charge in [-0.3, -0.25) is 4.79 Å². The highest BCUT2D eigenvalue weighted by Gasteiger charge is 2.15. The average Bonchev–Trinajstić information content (AvgIpc) is 3.35. The molecule has 1 heterocycles. The lowest BCUT2D eigenvalue weighted by Gasteiger charge is -2.07. The molecule has 0 saturated heterocycles. The van der Waals surface area contributed by atoms with Crippen LogP contribution in [0.4, 0.5) is 11.4 Å². The van der Waals surface area contributed by atoms with Crippen LogP contribution in [-0.2, 0) is 9.53 Å². The summed E-state index contributed by atoms with van der Waals surface area (Å²) in [5.41, 5.74) is 5.09. The molecule has 3 nitrogen and oxygen atoms in total. The van der Waals surface area contributed by atoms with Crippen LogP contribution in [0.3, 0.4) is 0 Å². The quantitative estimate of drug-likeness (QED) is 0.507. The number of esters is 1. The highest BCUT2D eigenvalue weighted by Crippen LogP contribution is 2.40. The van der Waals surface area contributed by atoms with E-state index in [1.165, 1.54) is 22.5 Å². The zero-order valence-corrected chi connectivity index (χ0v) is 14.1. The molecule has 0 unspecified atom stereocenters. The molecule has 2 aromatic carbocycles. The number of rotatable bonds is 5. The molecule has 3 heteroatoms. The number of benzene rings is 2.